The van der Waals surface area contributed by atoms with Crippen molar-refractivity contribution in [3.63, 3.8) is 0 Å². The van der Waals surface area contributed by atoms with Crippen LogP contribution in [0.1, 0.15) is 39.4 Å². The number of aryl methyl sites for hydroxylation is 1. The largest absolute Gasteiger partial charge is 0.490 e. The van der Waals surface area contributed by atoms with Gasteiger partial charge in [-0.1, -0.05) is 12.1 Å². The first-order chi connectivity index (χ1) is 16.5. The predicted octanol–water partition coefficient (Wildman–Crippen LogP) is 3.22. The summed E-state index contributed by atoms with van der Waals surface area (Å²) in [4.78, 5) is 41.5. The number of carbonyl (C=O) groups excluding carboxylic acids is 2. The fraction of sp³-hybridized carbons (Fsp3) is 0.250. The molecule has 0 unspecified atom stereocenters. The van der Waals surface area contributed by atoms with E-state index in [9.17, 15) is 9.59 Å². The number of anilines is 2. The highest BCUT2D eigenvalue weighted by Crippen LogP contribution is 2.33. The summed E-state index contributed by atoms with van der Waals surface area (Å²) in [6, 6.07) is 13.0. The number of nitrogens with zero attached hydrogens (tertiary/aromatic N) is 3. The first-order valence-electron chi connectivity index (χ1n) is 11.1. The normalized spacial score (nSPS) is 13.9. The van der Waals surface area contributed by atoms with Gasteiger partial charge in [-0.25, -0.2) is 14.9 Å². The van der Waals surface area contributed by atoms with Crippen LogP contribution in [0.3, 0.4) is 0 Å². The quantitative estimate of drug-likeness (QED) is 0.323. The van der Waals surface area contributed by atoms with Gasteiger partial charge in [-0.05, 0) is 68.8 Å². The van der Waals surface area contributed by atoms with Crippen LogP contribution < -0.4 is 20.7 Å². The van der Waals surface area contributed by atoms with Gasteiger partial charge in [0.2, 0.25) is 5.95 Å². The van der Waals surface area contributed by atoms with Gasteiger partial charge in [-0.3, -0.25) is 9.59 Å². The standard InChI is InChI=1S/C24H25N7O3.ClH/c1-14-12-16(34-15-8-10-26-11-9-15)6-7-19(14)31(23(33)21-20(22(25)32)27-13-28-21)24-29-17-4-2-3-5-18(17)30-24;/h2-7,12-13,15,26H,8-11H2,1H3,(H2,25,32)(H,27,28)(H,29,30);1H. The van der Waals surface area contributed by atoms with Crippen LogP contribution in [0.5, 0.6) is 5.75 Å². The van der Waals surface area contributed by atoms with Crippen LogP contribution in [0.2, 0.25) is 0 Å². The number of H-pyrrole nitrogens is 2. The van der Waals surface area contributed by atoms with Gasteiger partial charge in [0.15, 0.2) is 5.69 Å². The van der Waals surface area contributed by atoms with Crippen LogP contribution in [0.15, 0.2) is 48.8 Å². The molecule has 1 fully saturated rings. The Morgan fingerprint density at radius 2 is 1.91 bits per heavy atom. The number of ether oxygens (including phenoxy) is 1. The molecule has 1 aliphatic rings. The number of imidazole rings is 2. The molecule has 0 spiro atoms. The average molecular weight is 496 g/mol. The number of amides is 2. The van der Waals surface area contributed by atoms with Crippen molar-refractivity contribution in [2.45, 2.75) is 25.9 Å². The van der Waals surface area contributed by atoms with Crippen LogP contribution in [0, 0.1) is 6.92 Å². The zero-order valence-electron chi connectivity index (χ0n) is 19.1. The molecule has 35 heavy (non-hydrogen) atoms. The third-order valence-corrected chi connectivity index (χ3v) is 5.88. The molecule has 10 nitrogen and oxygen atoms in total. The first-order valence-corrected chi connectivity index (χ1v) is 11.1. The fourth-order valence-corrected chi connectivity index (χ4v) is 4.17. The van der Waals surface area contributed by atoms with E-state index in [2.05, 4.69) is 25.3 Å². The molecule has 2 aromatic heterocycles. The zero-order chi connectivity index (χ0) is 23.7. The highest BCUT2D eigenvalue weighted by Gasteiger charge is 2.29. The van der Waals surface area contributed by atoms with Crippen molar-refractivity contribution in [1.29, 1.82) is 0 Å². The summed E-state index contributed by atoms with van der Waals surface area (Å²) >= 11 is 0. The number of primary amides is 1. The van der Waals surface area contributed by atoms with Crippen molar-refractivity contribution >= 4 is 46.9 Å². The molecule has 0 aliphatic carbocycles. The van der Waals surface area contributed by atoms with E-state index in [1.807, 2.05) is 49.4 Å². The lowest BCUT2D eigenvalue weighted by Crippen LogP contribution is -2.34. The number of hydrogen-bond acceptors (Lipinski definition) is 6. The molecule has 4 aromatic rings. The molecule has 0 bridgehead atoms. The Morgan fingerprint density at radius 3 is 2.63 bits per heavy atom. The minimum atomic E-state index is -0.771. The van der Waals surface area contributed by atoms with E-state index in [-0.39, 0.29) is 29.9 Å². The summed E-state index contributed by atoms with van der Waals surface area (Å²) in [7, 11) is 0. The van der Waals surface area contributed by atoms with Gasteiger partial charge in [-0.15, -0.1) is 12.4 Å². The SMILES string of the molecule is Cc1cc(OC2CCNCC2)ccc1N(C(=O)c1nc[nH]c1C(N)=O)c1nc2ccccc2[nH]1.Cl. The lowest BCUT2D eigenvalue weighted by atomic mass is 10.1. The molecule has 1 saturated heterocycles. The van der Waals surface area contributed by atoms with Crippen molar-refractivity contribution < 1.29 is 14.3 Å². The number of benzene rings is 2. The van der Waals surface area contributed by atoms with E-state index in [1.54, 1.807) is 0 Å². The second kappa shape index (κ2) is 10.2. The summed E-state index contributed by atoms with van der Waals surface area (Å²) < 4.78 is 6.16. The van der Waals surface area contributed by atoms with Gasteiger partial charge >= 0.3 is 0 Å². The highest BCUT2D eigenvalue weighted by molar-refractivity contribution is 6.14. The smallest absolute Gasteiger partial charge is 0.286 e. The van der Waals surface area contributed by atoms with Crippen molar-refractivity contribution in [3.8, 4) is 5.75 Å². The summed E-state index contributed by atoms with van der Waals surface area (Å²) in [6.07, 6.45) is 3.31. The molecule has 2 aromatic carbocycles. The monoisotopic (exact) mass is 495 g/mol. The molecule has 0 radical (unpaired) electrons. The Labute approximate surface area is 207 Å². The molecular formula is C24H26ClN7O3. The number of hydrogen-bond donors (Lipinski definition) is 4. The number of nitrogens with two attached hydrogens (primary N) is 1. The molecule has 11 heteroatoms. The Hall–Kier alpha value is -3.89. The summed E-state index contributed by atoms with van der Waals surface area (Å²) in [5, 5.41) is 3.33. The Morgan fingerprint density at radius 1 is 1.14 bits per heavy atom. The number of fused-ring (bicyclic) bond motifs is 1. The maximum Gasteiger partial charge on any atom is 0.286 e. The first kappa shape index (κ1) is 24.2. The molecule has 3 heterocycles. The Bertz CT molecular complexity index is 1330. The molecule has 5 N–H and O–H groups in total. The maximum atomic E-state index is 13.7. The summed E-state index contributed by atoms with van der Waals surface area (Å²) in [5.74, 6) is -0.264. The highest BCUT2D eigenvalue weighted by atomic mass is 35.5. The summed E-state index contributed by atoms with van der Waals surface area (Å²) in [6.45, 7) is 3.76. The van der Waals surface area contributed by atoms with Crippen LogP contribution in [0.4, 0.5) is 11.6 Å². The second-order valence-corrected chi connectivity index (χ2v) is 8.22. The number of para-hydroxylation sites is 2. The van der Waals surface area contributed by atoms with E-state index < -0.39 is 11.8 Å². The van der Waals surface area contributed by atoms with E-state index in [0.29, 0.717) is 17.2 Å². The minimum Gasteiger partial charge on any atom is -0.490 e. The third-order valence-electron chi connectivity index (χ3n) is 5.88. The van der Waals surface area contributed by atoms with Gasteiger partial charge in [0.1, 0.15) is 17.5 Å². The molecule has 0 atom stereocenters. The second-order valence-electron chi connectivity index (χ2n) is 8.22. The number of carbonyl (C=O) groups is 2. The number of aromatic nitrogens is 4. The van der Waals surface area contributed by atoms with E-state index >= 15 is 0 Å². The Balaban J connectivity index is 0.00000289. The fourth-order valence-electron chi connectivity index (χ4n) is 4.17. The topological polar surface area (TPSA) is 142 Å². The van der Waals surface area contributed by atoms with Crippen LogP contribution in [0.25, 0.3) is 11.0 Å². The van der Waals surface area contributed by atoms with Gasteiger partial charge in [0, 0.05) is 0 Å². The lowest BCUT2D eigenvalue weighted by Gasteiger charge is -2.25. The van der Waals surface area contributed by atoms with Gasteiger partial charge in [-0.2, -0.15) is 0 Å². The number of aromatic amines is 2. The average Bonchev–Trinajstić information content (AvgIpc) is 3.48. The minimum absolute atomic E-state index is 0. The van der Waals surface area contributed by atoms with Crippen molar-refractivity contribution in [2.24, 2.45) is 5.73 Å². The maximum absolute atomic E-state index is 13.7. The number of nitrogens with one attached hydrogen (secondary N) is 3. The van der Waals surface area contributed by atoms with E-state index in [4.69, 9.17) is 10.5 Å². The summed E-state index contributed by atoms with van der Waals surface area (Å²) in [5.41, 5.74) is 8.17. The molecule has 2 amide bonds. The Kier molecular flexibility index (Phi) is 7.04. The molecular weight excluding hydrogens is 470 g/mol. The van der Waals surface area contributed by atoms with Crippen molar-refractivity contribution in [1.82, 2.24) is 25.3 Å². The number of rotatable bonds is 6. The third kappa shape index (κ3) is 4.84. The number of halogens is 1. The molecule has 182 valence electrons. The van der Waals surface area contributed by atoms with E-state index in [1.165, 1.54) is 11.2 Å². The lowest BCUT2D eigenvalue weighted by molar-refractivity contribution is 0.0961. The van der Waals surface area contributed by atoms with Crippen LogP contribution in [-0.2, 0) is 0 Å². The van der Waals surface area contributed by atoms with Gasteiger partial charge < -0.3 is 25.8 Å². The van der Waals surface area contributed by atoms with Crippen LogP contribution in [-0.4, -0.2) is 50.9 Å². The molecule has 0 saturated carbocycles. The van der Waals surface area contributed by atoms with E-state index in [0.717, 1.165) is 42.8 Å². The van der Waals surface area contributed by atoms with Crippen molar-refractivity contribution in [2.75, 3.05) is 18.0 Å². The van der Waals surface area contributed by atoms with Gasteiger partial charge in [0.25, 0.3) is 11.8 Å². The zero-order valence-corrected chi connectivity index (χ0v) is 19.9. The van der Waals surface area contributed by atoms with Crippen molar-refractivity contribution in [3.05, 3.63) is 65.7 Å². The van der Waals surface area contributed by atoms with Crippen LogP contribution >= 0.6 is 12.4 Å². The molecule has 5 rings (SSSR count). The molecule has 1 aliphatic heterocycles. The number of piperidine rings is 1. The predicted molar refractivity (Wildman–Crippen MR) is 135 cm³/mol. The van der Waals surface area contributed by atoms with Gasteiger partial charge in [0.05, 0.1) is 23.0 Å².